The SMILES string of the molecule is O=C(NN=Cc1ccc([N+](=O)[O-])s1)c1ccc(NC(=O)C2CCCCC2)cc1. The number of carbonyl (C=O) groups excluding carboxylic acids is 2. The van der Waals surface area contributed by atoms with Gasteiger partial charge in [-0.25, -0.2) is 5.43 Å². The molecule has 0 aliphatic heterocycles. The van der Waals surface area contributed by atoms with Crippen LogP contribution in [0.2, 0.25) is 0 Å². The topological polar surface area (TPSA) is 114 Å². The van der Waals surface area contributed by atoms with Crippen LogP contribution in [-0.2, 0) is 4.79 Å². The summed E-state index contributed by atoms with van der Waals surface area (Å²) in [6.45, 7) is 0. The van der Waals surface area contributed by atoms with Crippen LogP contribution < -0.4 is 10.7 Å². The van der Waals surface area contributed by atoms with E-state index in [-0.39, 0.29) is 16.8 Å². The summed E-state index contributed by atoms with van der Waals surface area (Å²) in [5, 5.41) is 17.4. The van der Waals surface area contributed by atoms with Crippen molar-refractivity contribution in [1.29, 1.82) is 0 Å². The molecule has 28 heavy (non-hydrogen) atoms. The van der Waals surface area contributed by atoms with E-state index < -0.39 is 10.8 Å². The Morgan fingerprint density at radius 1 is 1.11 bits per heavy atom. The highest BCUT2D eigenvalue weighted by molar-refractivity contribution is 7.16. The van der Waals surface area contributed by atoms with Crippen molar-refractivity contribution < 1.29 is 14.5 Å². The fraction of sp³-hybridized carbons (Fsp3) is 0.316. The number of anilines is 1. The van der Waals surface area contributed by atoms with Crippen LogP contribution in [0.5, 0.6) is 0 Å². The van der Waals surface area contributed by atoms with E-state index in [1.807, 2.05) is 0 Å². The Bertz CT molecular complexity index is 886. The number of hydrogen-bond donors (Lipinski definition) is 2. The van der Waals surface area contributed by atoms with Gasteiger partial charge in [-0.1, -0.05) is 30.6 Å². The summed E-state index contributed by atoms with van der Waals surface area (Å²) < 4.78 is 0. The number of nitrogens with zero attached hydrogens (tertiary/aromatic N) is 2. The van der Waals surface area contributed by atoms with Crippen LogP contribution in [0.25, 0.3) is 0 Å². The fourth-order valence-corrected chi connectivity index (χ4v) is 3.74. The monoisotopic (exact) mass is 400 g/mol. The number of hydrazone groups is 1. The van der Waals surface area contributed by atoms with Gasteiger partial charge in [-0.05, 0) is 43.2 Å². The molecule has 3 rings (SSSR count). The minimum Gasteiger partial charge on any atom is -0.326 e. The number of carbonyl (C=O) groups is 2. The zero-order valence-electron chi connectivity index (χ0n) is 15.1. The van der Waals surface area contributed by atoms with Crippen molar-refractivity contribution in [2.24, 2.45) is 11.0 Å². The van der Waals surface area contributed by atoms with E-state index in [0.717, 1.165) is 37.0 Å². The maximum atomic E-state index is 12.3. The first-order chi connectivity index (χ1) is 13.5. The number of amides is 2. The smallest absolute Gasteiger partial charge is 0.324 e. The Balaban J connectivity index is 1.52. The number of thiophene rings is 1. The highest BCUT2D eigenvalue weighted by Crippen LogP contribution is 2.25. The molecule has 1 fully saturated rings. The zero-order chi connectivity index (χ0) is 19.9. The Labute approximate surface area is 165 Å². The minimum absolute atomic E-state index is 0.0126. The maximum Gasteiger partial charge on any atom is 0.324 e. The third-order valence-corrected chi connectivity index (χ3v) is 5.51. The summed E-state index contributed by atoms with van der Waals surface area (Å²) in [7, 11) is 0. The number of nitro groups is 1. The van der Waals surface area contributed by atoms with E-state index in [1.165, 1.54) is 18.7 Å². The van der Waals surface area contributed by atoms with Crippen molar-refractivity contribution in [3.63, 3.8) is 0 Å². The van der Waals surface area contributed by atoms with Crippen molar-refractivity contribution in [3.8, 4) is 0 Å². The van der Waals surface area contributed by atoms with E-state index in [9.17, 15) is 19.7 Å². The molecule has 0 saturated heterocycles. The maximum absolute atomic E-state index is 12.3. The molecule has 0 atom stereocenters. The van der Waals surface area contributed by atoms with Crippen LogP contribution in [0.15, 0.2) is 41.5 Å². The summed E-state index contributed by atoms with van der Waals surface area (Å²) in [5.74, 6) is -0.307. The van der Waals surface area contributed by atoms with E-state index in [1.54, 1.807) is 30.3 Å². The second-order valence-electron chi connectivity index (χ2n) is 6.53. The summed E-state index contributed by atoms with van der Waals surface area (Å²) >= 11 is 0.968. The van der Waals surface area contributed by atoms with Crippen LogP contribution in [0, 0.1) is 16.0 Å². The average molecular weight is 400 g/mol. The Hall–Kier alpha value is -3.07. The predicted molar refractivity (Wildman–Crippen MR) is 108 cm³/mol. The normalized spacial score (nSPS) is 14.7. The molecule has 1 heterocycles. The minimum atomic E-state index is -0.477. The van der Waals surface area contributed by atoms with Crippen molar-refractivity contribution in [3.05, 3.63) is 57.0 Å². The van der Waals surface area contributed by atoms with Crippen molar-refractivity contribution in [2.45, 2.75) is 32.1 Å². The van der Waals surface area contributed by atoms with Gasteiger partial charge < -0.3 is 5.32 Å². The van der Waals surface area contributed by atoms with Gasteiger partial charge in [-0.2, -0.15) is 5.10 Å². The summed E-state index contributed by atoms with van der Waals surface area (Å²) in [6, 6.07) is 9.52. The number of nitrogens with one attached hydrogen (secondary N) is 2. The molecule has 2 aromatic rings. The second-order valence-corrected chi connectivity index (χ2v) is 7.63. The Morgan fingerprint density at radius 3 is 2.46 bits per heavy atom. The van der Waals surface area contributed by atoms with Gasteiger partial charge in [0.2, 0.25) is 5.91 Å². The molecular weight excluding hydrogens is 380 g/mol. The zero-order valence-corrected chi connectivity index (χ0v) is 15.9. The second kappa shape index (κ2) is 9.23. The molecule has 1 saturated carbocycles. The van der Waals surface area contributed by atoms with E-state index >= 15 is 0 Å². The first-order valence-corrected chi connectivity index (χ1v) is 9.83. The van der Waals surface area contributed by atoms with Gasteiger partial charge >= 0.3 is 5.00 Å². The molecule has 146 valence electrons. The predicted octanol–water partition coefficient (Wildman–Crippen LogP) is 3.94. The van der Waals surface area contributed by atoms with E-state index in [0.29, 0.717) is 16.1 Å². The van der Waals surface area contributed by atoms with Crippen molar-refractivity contribution >= 4 is 40.1 Å². The van der Waals surface area contributed by atoms with Gasteiger partial charge in [0.15, 0.2) is 0 Å². The molecule has 1 aliphatic carbocycles. The molecule has 0 bridgehead atoms. The molecule has 1 aliphatic rings. The molecule has 2 amide bonds. The van der Waals surface area contributed by atoms with Crippen LogP contribution in [0.1, 0.15) is 47.3 Å². The molecule has 0 radical (unpaired) electrons. The molecule has 1 aromatic carbocycles. The van der Waals surface area contributed by atoms with Crippen LogP contribution in [0.4, 0.5) is 10.7 Å². The van der Waals surface area contributed by atoms with Gasteiger partial charge in [0, 0.05) is 23.2 Å². The van der Waals surface area contributed by atoms with Gasteiger partial charge in [0.1, 0.15) is 0 Å². The standard InChI is InChI=1S/C19H20N4O4S/c24-18(13-4-2-1-3-5-13)21-15-8-6-14(7-9-15)19(25)22-20-12-16-10-11-17(28-16)23(26)27/h6-13H,1-5H2,(H,21,24)(H,22,25). The number of rotatable bonds is 6. The average Bonchev–Trinajstić information content (AvgIpc) is 3.18. The van der Waals surface area contributed by atoms with Crippen molar-refractivity contribution in [1.82, 2.24) is 5.43 Å². The highest BCUT2D eigenvalue weighted by atomic mass is 32.1. The van der Waals surface area contributed by atoms with Crippen LogP contribution in [0.3, 0.4) is 0 Å². The van der Waals surface area contributed by atoms with Gasteiger partial charge in [-0.15, -0.1) is 0 Å². The lowest BCUT2D eigenvalue weighted by Gasteiger charge is -2.20. The largest absolute Gasteiger partial charge is 0.326 e. The van der Waals surface area contributed by atoms with E-state index in [2.05, 4.69) is 15.8 Å². The molecule has 9 heteroatoms. The molecule has 2 N–H and O–H groups in total. The van der Waals surface area contributed by atoms with Gasteiger partial charge in [0.25, 0.3) is 5.91 Å². The summed E-state index contributed by atoms with van der Waals surface area (Å²) in [5.41, 5.74) is 3.43. The van der Waals surface area contributed by atoms with E-state index in [4.69, 9.17) is 0 Å². The molecule has 0 unspecified atom stereocenters. The highest BCUT2D eigenvalue weighted by Gasteiger charge is 2.21. The third kappa shape index (κ3) is 5.23. The summed E-state index contributed by atoms with van der Waals surface area (Å²) in [6.07, 6.45) is 6.59. The lowest BCUT2D eigenvalue weighted by Crippen LogP contribution is -2.24. The third-order valence-electron chi connectivity index (χ3n) is 4.54. The Morgan fingerprint density at radius 2 is 1.82 bits per heavy atom. The van der Waals surface area contributed by atoms with Gasteiger partial charge in [-0.3, -0.25) is 19.7 Å². The molecular formula is C19H20N4O4S. The lowest BCUT2D eigenvalue weighted by atomic mass is 9.88. The molecule has 1 aromatic heterocycles. The van der Waals surface area contributed by atoms with Crippen LogP contribution >= 0.6 is 11.3 Å². The summed E-state index contributed by atoms with van der Waals surface area (Å²) in [4.78, 5) is 35.1. The molecule has 0 spiro atoms. The van der Waals surface area contributed by atoms with Crippen molar-refractivity contribution in [2.75, 3.05) is 5.32 Å². The quantitative estimate of drug-likeness (QED) is 0.434. The van der Waals surface area contributed by atoms with Gasteiger partial charge in [0.05, 0.1) is 16.0 Å². The first-order valence-electron chi connectivity index (χ1n) is 9.01. The fourth-order valence-electron chi connectivity index (χ4n) is 3.04. The Kier molecular flexibility index (Phi) is 6.49. The number of hydrogen-bond acceptors (Lipinski definition) is 6. The number of benzene rings is 1. The first kappa shape index (κ1) is 19.7. The lowest BCUT2D eigenvalue weighted by molar-refractivity contribution is -0.380. The molecule has 8 nitrogen and oxygen atoms in total. The van der Waals surface area contributed by atoms with Crippen LogP contribution in [-0.4, -0.2) is 23.0 Å².